The largest absolute Gasteiger partial charge is 0.322 e. The summed E-state index contributed by atoms with van der Waals surface area (Å²) in [5.41, 5.74) is 7.23. The average Bonchev–Trinajstić information content (AvgIpc) is 2.84. The second kappa shape index (κ2) is 4.65. The lowest BCUT2D eigenvalue weighted by Crippen LogP contribution is -2.16. The first-order valence-electron chi connectivity index (χ1n) is 5.36. The van der Waals surface area contributed by atoms with Crippen molar-refractivity contribution in [1.29, 1.82) is 0 Å². The van der Waals surface area contributed by atoms with Gasteiger partial charge in [-0.05, 0) is 24.3 Å². The zero-order chi connectivity index (χ0) is 11.7. The minimum absolute atomic E-state index is 0.0532. The maximum absolute atomic E-state index is 6.12. The summed E-state index contributed by atoms with van der Waals surface area (Å²) in [5, 5.41) is 3.13. The molecule has 86 valence electrons. The van der Waals surface area contributed by atoms with Crippen LogP contribution in [0.2, 0.25) is 0 Å². The molecule has 0 saturated carbocycles. The third kappa shape index (κ3) is 2.19. The quantitative estimate of drug-likeness (QED) is 0.901. The summed E-state index contributed by atoms with van der Waals surface area (Å²) in [7, 11) is 0. The summed E-state index contributed by atoms with van der Waals surface area (Å²) in [6.45, 7) is 6.38. The van der Waals surface area contributed by atoms with Crippen LogP contribution in [0.25, 0.3) is 10.6 Å². The number of rotatable bonds is 3. The van der Waals surface area contributed by atoms with Gasteiger partial charge in [-0.25, -0.2) is 4.98 Å². The SMILES string of the molecule is Cc1sc(C(N)C(C)C)nc1-c1cccs1. The van der Waals surface area contributed by atoms with E-state index in [0.717, 1.165) is 10.7 Å². The third-order valence-corrected chi connectivity index (χ3v) is 4.52. The fraction of sp³-hybridized carbons (Fsp3) is 0.417. The molecule has 0 saturated heterocycles. The standard InChI is InChI=1S/C12H16N2S2/c1-7(2)10(13)12-14-11(8(3)16-12)9-5-4-6-15-9/h4-7,10H,13H2,1-3H3. The number of hydrogen-bond acceptors (Lipinski definition) is 4. The molecule has 2 aromatic heterocycles. The molecule has 2 N–H and O–H groups in total. The number of hydrogen-bond donors (Lipinski definition) is 1. The number of nitrogens with two attached hydrogens (primary N) is 1. The Kier molecular flexibility index (Phi) is 3.42. The summed E-state index contributed by atoms with van der Waals surface area (Å²) in [5.74, 6) is 0.432. The van der Waals surface area contributed by atoms with E-state index in [-0.39, 0.29) is 6.04 Å². The van der Waals surface area contributed by atoms with Crippen LogP contribution >= 0.6 is 22.7 Å². The maximum atomic E-state index is 6.12. The number of thiophene rings is 1. The van der Waals surface area contributed by atoms with Crippen molar-refractivity contribution < 1.29 is 0 Å². The van der Waals surface area contributed by atoms with Gasteiger partial charge in [-0.3, -0.25) is 0 Å². The highest BCUT2D eigenvalue weighted by molar-refractivity contribution is 7.15. The van der Waals surface area contributed by atoms with E-state index in [1.54, 1.807) is 22.7 Å². The summed E-state index contributed by atoms with van der Waals surface area (Å²) < 4.78 is 0. The zero-order valence-electron chi connectivity index (χ0n) is 9.73. The molecule has 0 aliphatic heterocycles. The molecular formula is C12H16N2S2. The van der Waals surface area contributed by atoms with Crippen LogP contribution in [0.4, 0.5) is 0 Å². The number of aromatic nitrogens is 1. The van der Waals surface area contributed by atoms with Gasteiger partial charge in [0.15, 0.2) is 0 Å². The van der Waals surface area contributed by atoms with Gasteiger partial charge in [0.25, 0.3) is 0 Å². The molecule has 0 aromatic carbocycles. The molecular weight excluding hydrogens is 236 g/mol. The Hall–Kier alpha value is -0.710. The molecule has 0 amide bonds. The maximum Gasteiger partial charge on any atom is 0.111 e. The monoisotopic (exact) mass is 252 g/mol. The van der Waals surface area contributed by atoms with Gasteiger partial charge in [0.05, 0.1) is 16.6 Å². The molecule has 2 nitrogen and oxygen atoms in total. The van der Waals surface area contributed by atoms with Gasteiger partial charge in [-0.15, -0.1) is 22.7 Å². The predicted molar refractivity (Wildman–Crippen MR) is 71.9 cm³/mol. The van der Waals surface area contributed by atoms with E-state index in [1.807, 2.05) is 0 Å². The third-order valence-electron chi connectivity index (χ3n) is 2.57. The predicted octanol–water partition coefficient (Wildman–Crippen LogP) is 3.84. The van der Waals surface area contributed by atoms with E-state index in [0.29, 0.717) is 5.92 Å². The van der Waals surface area contributed by atoms with E-state index in [9.17, 15) is 0 Å². The smallest absolute Gasteiger partial charge is 0.111 e. The normalized spacial score (nSPS) is 13.3. The van der Waals surface area contributed by atoms with Gasteiger partial charge in [-0.2, -0.15) is 0 Å². The first-order valence-corrected chi connectivity index (χ1v) is 7.06. The Labute approximate surface area is 104 Å². The number of aryl methyl sites for hydroxylation is 1. The van der Waals surface area contributed by atoms with Crippen molar-refractivity contribution in [1.82, 2.24) is 4.98 Å². The van der Waals surface area contributed by atoms with Crippen LogP contribution in [0.3, 0.4) is 0 Å². The van der Waals surface area contributed by atoms with E-state index in [2.05, 4.69) is 43.3 Å². The molecule has 0 radical (unpaired) electrons. The van der Waals surface area contributed by atoms with E-state index in [4.69, 9.17) is 5.73 Å². The average molecular weight is 252 g/mol. The van der Waals surface area contributed by atoms with Crippen molar-refractivity contribution >= 4 is 22.7 Å². The lowest BCUT2D eigenvalue weighted by atomic mass is 10.1. The molecule has 2 heterocycles. The van der Waals surface area contributed by atoms with Crippen LogP contribution in [-0.2, 0) is 0 Å². The Morgan fingerprint density at radius 2 is 2.12 bits per heavy atom. The van der Waals surface area contributed by atoms with Crippen molar-refractivity contribution in [3.05, 3.63) is 27.4 Å². The van der Waals surface area contributed by atoms with Crippen LogP contribution in [0.15, 0.2) is 17.5 Å². The first-order chi connectivity index (χ1) is 7.59. The fourth-order valence-corrected chi connectivity index (χ4v) is 3.43. The highest BCUT2D eigenvalue weighted by atomic mass is 32.1. The van der Waals surface area contributed by atoms with Crippen LogP contribution in [0, 0.1) is 12.8 Å². The highest BCUT2D eigenvalue weighted by Gasteiger charge is 2.17. The molecule has 16 heavy (non-hydrogen) atoms. The molecule has 0 aliphatic rings. The Bertz CT molecular complexity index is 457. The lowest BCUT2D eigenvalue weighted by molar-refractivity contribution is 0.512. The summed E-state index contributed by atoms with van der Waals surface area (Å²) >= 11 is 3.45. The first kappa shape index (κ1) is 11.8. The molecule has 1 unspecified atom stereocenters. The Balaban J connectivity index is 2.36. The van der Waals surface area contributed by atoms with Crippen LogP contribution < -0.4 is 5.73 Å². The van der Waals surface area contributed by atoms with Crippen molar-refractivity contribution in [3.63, 3.8) is 0 Å². The van der Waals surface area contributed by atoms with Gasteiger partial charge in [0, 0.05) is 4.88 Å². The van der Waals surface area contributed by atoms with E-state index in [1.165, 1.54) is 9.75 Å². The van der Waals surface area contributed by atoms with Crippen molar-refractivity contribution in [2.24, 2.45) is 11.7 Å². The Morgan fingerprint density at radius 3 is 2.69 bits per heavy atom. The Morgan fingerprint density at radius 1 is 1.38 bits per heavy atom. The van der Waals surface area contributed by atoms with Crippen LogP contribution in [0.5, 0.6) is 0 Å². The summed E-state index contributed by atoms with van der Waals surface area (Å²) in [6, 6.07) is 4.22. The van der Waals surface area contributed by atoms with E-state index < -0.39 is 0 Å². The van der Waals surface area contributed by atoms with Gasteiger partial charge >= 0.3 is 0 Å². The second-order valence-electron chi connectivity index (χ2n) is 4.20. The molecule has 1 atom stereocenters. The fourth-order valence-electron chi connectivity index (χ4n) is 1.49. The summed E-state index contributed by atoms with van der Waals surface area (Å²) in [4.78, 5) is 7.17. The van der Waals surface area contributed by atoms with Crippen molar-refractivity contribution in [3.8, 4) is 10.6 Å². The molecule has 0 fully saturated rings. The molecule has 2 aromatic rings. The van der Waals surface area contributed by atoms with E-state index >= 15 is 0 Å². The van der Waals surface area contributed by atoms with Crippen molar-refractivity contribution in [2.75, 3.05) is 0 Å². The molecule has 4 heteroatoms. The molecule has 0 aliphatic carbocycles. The molecule has 0 bridgehead atoms. The minimum atomic E-state index is 0.0532. The van der Waals surface area contributed by atoms with Crippen molar-refractivity contribution in [2.45, 2.75) is 26.8 Å². The number of thiazole rings is 1. The van der Waals surface area contributed by atoms with Gasteiger partial charge < -0.3 is 5.73 Å². The molecule has 0 spiro atoms. The second-order valence-corrected chi connectivity index (χ2v) is 6.39. The van der Waals surface area contributed by atoms with Crippen LogP contribution in [0.1, 0.15) is 29.8 Å². The topological polar surface area (TPSA) is 38.9 Å². The van der Waals surface area contributed by atoms with Gasteiger partial charge in [0.2, 0.25) is 0 Å². The molecule has 2 rings (SSSR count). The van der Waals surface area contributed by atoms with Gasteiger partial charge in [-0.1, -0.05) is 19.9 Å². The highest BCUT2D eigenvalue weighted by Crippen LogP contribution is 2.33. The summed E-state index contributed by atoms with van der Waals surface area (Å²) in [6.07, 6.45) is 0. The van der Waals surface area contributed by atoms with Crippen LogP contribution in [-0.4, -0.2) is 4.98 Å². The zero-order valence-corrected chi connectivity index (χ0v) is 11.4. The number of nitrogens with zero attached hydrogens (tertiary/aromatic N) is 1. The minimum Gasteiger partial charge on any atom is -0.322 e. The van der Waals surface area contributed by atoms with Gasteiger partial charge in [0.1, 0.15) is 5.01 Å². The lowest BCUT2D eigenvalue weighted by Gasteiger charge is -2.11.